The van der Waals surface area contributed by atoms with Gasteiger partial charge in [0.25, 0.3) is 11.5 Å². The topological polar surface area (TPSA) is 69.3 Å². The van der Waals surface area contributed by atoms with Crippen LogP contribution in [0.4, 0.5) is 5.82 Å². The van der Waals surface area contributed by atoms with Crippen LogP contribution in [-0.2, 0) is 17.9 Å². The molecule has 2 fully saturated rings. The van der Waals surface area contributed by atoms with Gasteiger partial charge in [-0.1, -0.05) is 67.2 Å². The Morgan fingerprint density at radius 1 is 1.14 bits per heavy atom. The number of rotatable bonds is 7. The Kier molecular flexibility index (Phi) is 7.78. The van der Waals surface area contributed by atoms with E-state index in [4.69, 9.17) is 12.2 Å². The van der Waals surface area contributed by atoms with E-state index >= 15 is 0 Å². The van der Waals surface area contributed by atoms with Crippen LogP contribution < -0.4 is 10.5 Å². The van der Waals surface area contributed by atoms with Gasteiger partial charge >= 0.3 is 0 Å². The average molecular weight is 507 g/mol. The van der Waals surface area contributed by atoms with Crippen molar-refractivity contribution in [2.75, 3.05) is 18.0 Å². The number of hydrogen-bond acceptors (Lipinski definition) is 6. The molecule has 0 N–H and O–H groups in total. The third-order valence-electron chi connectivity index (χ3n) is 6.60. The number of nitriles is 1. The van der Waals surface area contributed by atoms with Crippen molar-refractivity contribution in [2.45, 2.75) is 59.5 Å². The summed E-state index contributed by atoms with van der Waals surface area (Å²) in [6.07, 6.45) is 5.74. The monoisotopic (exact) mass is 506 g/mol. The standard InChI is InChI=1S/C27H30N4O2S2/c1-4-5-14-30-24(29-12-6-7-13-29)21(19(3)22(16-28)25(30)32)15-23-26(33)31(27(34)35-23)17-20-10-8-18(2)9-11-20/h8-11,15H,4-7,12-14,17H2,1-3H3/b23-15+. The highest BCUT2D eigenvalue weighted by Crippen LogP contribution is 2.37. The minimum absolute atomic E-state index is 0.142. The maximum atomic E-state index is 13.4. The van der Waals surface area contributed by atoms with Crippen molar-refractivity contribution in [2.24, 2.45) is 0 Å². The first kappa shape index (κ1) is 25.2. The van der Waals surface area contributed by atoms with Crippen molar-refractivity contribution in [3.8, 4) is 6.07 Å². The number of nitrogens with zero attached hydrogens (tertiary/aromatic N) is 4. The molecule has 35 heavy (non-hydrogen) atoms. The lowest BCUT2D eigenvalue weighted by Gasteiger charge is -2.27. The van der Waals surface area contributed by atoms with E-state index in [1.54, 1.807) is 9.47 Å². The normalized spacial score (nSPS) is 17.0. The minimum atomic E-state index is -0.246. The Hall–Kier alpha value is -2.89. The van der Waals surface area contributed by atoms with Crippen LogP contribution >= 0.6 is 24.0 Å². The molecule has 0 spiro atoms. The third kappa shape index (κ3) is 5.07. The van der Waals surface area contributed by atoms with Gasteiger partial charge in [0.15, 0.2) is 0 Å². The maximum absolute atomic E-state index is 13.4. The van der Waals surface area contributed by atoms with Crippen LogP contribution in [0.2, 0.25) is 0 Å². The third-order valence-corrected chi connectivity index (χ3v) is 7.98. The Bertz CT molecular complexity index is 1280. The van der Waals surface area contributed by atoms with Gasteiger partial charge in [-0.3, -0.25) is 19.1 Å². The zero-order valence-corrected chi connectivity index (χ0v) is 22.1. The van der Waals surface area contributed by atoms with Crippen molar-refractivity contribution in [3.63, 3.8) is 0 Å². The number of carbonyl (C=O) groups is 1. The molecule has 0 unspecified atom stereocenters. The zero-order valence-electron chi connectivity index (χ0n) is 20.5. The summed E-state index contributed by atoms with van der Waals surface area (Å²) in [4.78, 5) is 31.1. The summed E-state index contributed by atoms with van der Waals surface area (Å²) in [6.45, 7) is 8.59. The van der Waals surface area contributed by atoms with Gasteiger partial charge < -0.3 is 4.90 Å². The van der Waals surface area contributed by atoms with Gasteiger partial charge in [-0.25, -0.2) is 0 Å². The van der Waals surface area contributed by atoms with Crippen LogP contribution in [-0.4, -0.2) is 32.8 Å². The largest absolute Gasteiger partial charge is 0.357 e. The molecule has 0 saturated carbocycles. The molecule has 0 radical (unpaired) electrons. The molecular formula is C27H30N4O2S2. The molecule has 0 aliphatic carbocycles. The number of anilines is 1. The summed E-state index contributed by atoms with van der Waals surface area (Å²) in [5.74, 6) is 0.679. The molecule has 3 heterocycles. The number of thioether (sulfide) groups is 1. The smallest absolute Gasteiger partial charge is 0.270 e. The SMILES string of the molecule is CCCCn1c(N2CCCC2)c(/C=C2/SC(=S)N(Cc3ccc(C)cc3)C2=O)c(C)c(C#N)c1=O. The molecule has 2 aliphatic heterocycles. The molecule has 8 heteroatoms. The highest BCUT2D eigenvalue weighted by Gasteiger charge is 2.33. The van der Waals surface area contributed by atoms with Crippen LogP contribution in [0, 0.1) is 25.2 Å². The predicted molar refractivity (Wildman–Crippen MR) is 146 cm³/mol. The van der Waals surface area contributed by atoms with Crippen molar-refractivity contribution < 1.29 is 4.79 Å². The number of aromatic nitrogens is 1. The zero-order chi connectivity index (χ0) is 25.1. The van der Waals surface area contributed by atoms with Crippen LogP contribution in [0.3, 0.4) is 0 Å². The van der Waals surface area contributed by atoms with Crippen molar-refractivity contribution >= 4 is 46.1 Å². The fraction of sp³-hybridized carbons (Fsp3) is 0.407. The fourth-order valence-electron chi connectivity index (χ4n) is 4.58. The van der Waals surface area contributed by atoms with Gasteiger partial charge in [0.1, 0.15) is 21.8 Å². The number of amides is 1. The van der Waals surface area contributed by atoms with E-state index in [0.717, 1.165) is 61.3 Å². The van der Waals surface area contributed by atoms with E-state index in [1.165, 1.54) is 11.8 Å². The van der Waals surface area contributed by atoms with Crippen LogP contribution in [0.25, 0.3) is 6.08 Å². The molecule has 2 aromatic rings. The molecule has 6 nitrogen and oxygen atoms in total. The second kappa shape index (κ2) is 10.8. The predicted octanol–water partition coefficient (Wildman–Crippen LogP) is 5.14. The number of thiocarbonyl (C=S) groups is 1. The van der Waals surface area contributed by atoms with Gasteiger partial charge in [-0.2, -0.15) is 5.26 Å². The number of pyridine rings is 1. The van der Waals surface area contributed by atoms with Crippen molar-refractivity contribution in [1.29, 1.82) is 5.26 Å². The molecule has 182 valence electrons. The summed E-state index contributed by atoms with van der Waals surface area (Å²) < 4.78 is 2.27. The fourth-order valence-corrected chi connectivity index (χ4v) is 5.82. The molecule has 1 aromatic carbocycles. The van der Waals surface area contributed by atoms with Gasteiger partial charge in [0.05, 0.1) is 11.4 Å². The Balaban J connectivity index is 1.79. The van der Waals surface area contributed by atoms with E-state index in [-0.39, 0.29) is 17.0 Å². The molecule has 1 aromatic heterocycles. The molecule has 1 amide bonds. The highest BCUT2D eigenvalue weighted by molar-refractivity contribution is 8.26. The summed E-state index contributed by atoms with van der Waals surface area (Å²) in [5.41, 5.74) is 3.47. The molecule has 4 rings (SSSR count). The first-order chi connectivity index (χ1) is 16.8. The number of aryl methyl sites for hydroxylation is 1. The number of hydrogen-bond donors (Lipinski definition) is 0. The van der Waals surface area contributed by atoms with Gasteiger partial charge in [-0.15, -0.1) is 0 Å². The summed E-state index contributed by atoms with van der Waals surface area (Å²) in [6, 6.07) is 10.2. The first-order valence-electron chi connectivity index (χ1n) is 12.1. The van der Waals surface area contributed by atoms with E-state index in [1.807, 2.05) is 44.2 Å². The second-order valence-corrected chi connectivity index (χ2v) is 10.8. The van der Waals surface area contributed by atoms with Crippen LogP contribution in [0.1, 0.15) is 60.4 Å². The molecule has 2 aliphatic rings. The van der Waals surface area contributed by atoms with Crippen LogP contribution in [0.15, 0.2) is 34.0 Å². The quantitative estimate of drug-likeness (QED) is 0.383. The molecule has 0 bridgehead atoms. The lowest BCUT2D eigenvalue weighted by molar-refractivity contribution is -0.122. The highest BCUT2D eigenvalue weighted by atomic mass is 32.2. The van der Waals surface area contributed by atoms with Crippen molar-refractivity contribution in [3.05, 3.63) is 67.3 Å². The Morgan fingerprint density at radius 3 is 2.46 bits per heavy atom. The average Bonchev–Trinajstić information content (AvgIpc) is 3.46. The Labute approximate surface area is 216 Å². The number of benzene rings is 1. The number of carbonyl (C=O) groups excluding carboxylic acids is 1. The first-order valence-corrected chi connectivity index (χ1v) is 13.3. The lowest BCUT2D eigenvalue weighted by atomic mass is 10.0. The lowest BCUT2D eigenvalue weighted by Crippen LogP contribution is -2.33. The van der Waals surface area contributed by atoms with E-state index in [9.17, 15) is 14.9 Å². The number of unbranched alkanes of at least 4 members (excludes halogenated alkanes) is 1. The minimum Gasteiger partial charge on any atom is -0.357 e. The van der Waals surface area contributed by atoms with E-state index < -0.39 is 0 Å². The van der Waals surface area contributed by atoms with E-state index in [2.05, 4.69) is 17.9 Å². The summed E-state index contributed by atoms with van der Waals surface area (Å²) in [7, 11) is 0. The molecule has 2 saturated heterocycles. The summed E-state index contributed by atoms with van der Waals surface area (Å²) in [5, 5.41) is 9.81. The molecule has 0 atom stereocenters. The van der Waals surface area contributed by atoms with Crippen molar-refractivity contribution in [1.82, 2.24) is 9.47 Å². The van der Waals surface area contributed by atoms with Gasteiger partial charge in [-0.05, 0) is 50.3 Å². The van der Waals surface area contributed by atoms with E-state index in [0.29, 0.717) is 27.9 Å². The maximum Gasteiger partial charge on any atom is 0.270 e. The second-order valence-electron chi connectivity index (χ2n) is 9.11. The van der Waals surface area contributed by atoms with Crippen LogP contribution in [0.5, 0.6) is 0 Å². The summed E-state index contributed by atoms with van der Waals surface area (Å²) >= 11 is 6.85. The Morgan fingerprint density at radius 2 is 1.83 bits per heavy atom. The molecular weight excluding hydrogens is 476 g/mol. The van der Waals surface area contributed by atoms with Gasteiger partial charge in [0.2, 0.25) is 0 Å². The van der Waals surface area contributed by atoms with Gasteiger partial charge in [0, 0.05) is 25.2 Å².